The van der Waals surface area contributed by atoms with E-state index in [1.807, 2.05) is 0 Å². The lowest BCUT2D eigenvalue weighted by Crippen LogP contribution is -1.94. The van der Waals surface area contributed by atoms with Gasteiger partial charge in [0.15, 0.2) is 0 Å². The number of anilines is 1. The Bertz CT molecular complexity index is 604. The van der Waals surface area contributed by atoms with E-state index in [2.05, 4.69) is 4.98 Å². The highest BCUT2D eigenvalue weighted by atomic mass is 19.1. The van der Waals surface area contributed by atoms with Crippen molar-refractivity contribution < 1.29 is 14.1 Å². The largest absolute Gasteiger partial charge is 0.457 e. The number of hydrogen-bond acceptors (Lipinski definition) is 5. The molecule has 0 fully saturated rings. The van der Waals surface area contributed by atoms with Gasteiger partial charge in [0.1, 0.15) is 17.3 Å². The van der Waals surface area contributed by atoms with Gasteiger partial charge in [0.2, 0.25) is 5.82 Å². The van der Waals surface area contributed by atoms with Gasteiger partial charge in [-0.25, -0.2) is 4.98 Å². The van der Waals surface area contributed by atoms with Crippen LogP contribution >= 0.6 is 0 Å². The van der Waals surface area contributed by atoms with E-state index in [0.717, 1.165) is 12.1 Å². The lowest BCUT2D eigenvalue weighted by molar-refractivity contribution is -0.387. The Labute approximate surface area is 101 Å². The predicted molar refractivity (Wildman–Crippen MR) is 61.8 cm³/mol. The van der Waals surface area contributed by atoms with Crippen LogP contribution in [-0.4, -0.2) is 9.91 Å². The van der Waals surface area contributed by atoms with Gasteiger partial charge in [0.25, 0.3) is 0 Å². The summed E-state index contributed by atoms with van der Waals surface area (Å²) in [7, 11) is 0. The number of halogens is 1. The fraction of sp³-hybridized carbons (Fsp3) is 0. The molecule has 0 aliphatic heterocycles. The summed E-state index contributed by atoms with van der Waals surface area (Å²) in [6.45, 7) is 0. The fourth-order valence-corrected chi connectivity index (χ4v) is 1.33. The Morgan fingerprint density at radius 2 is 2.00 bits per heavy atom. The summed E-state index contributed by atoms with van der Waals surface area (Å²) in [5.41, 5.74) is 4.85. The van der Waals surface area contributed by atoms with Gasteiger partial charge in [0, 0.05) is 24.4 Å². The van der Waals surface area contributed by atoms with Crippen molar-refractivity contribution in [3.8, 4) is 11.5 Å². The van der Waals surface area contributed by atoms with Crippen LogP contribution in [0.1, 0.15) is 0 Å². The summed E-state index contributed by atoms with van der Waals surface area (Å²) in [5.74, 6) is -0.186. The summed E-state index contributed by atoms with van der Waals surface area (Å²) in [5, 5.41) is 10.4. The van der Waals surface area contributed by atoms with E-state index in [1.54, 1.807) is 0 Å². The third-order valence-electron chi connectivity index (χ3n) is 2.10. The van der Waals surface area contributed by atoms with Crippen molar-refractivity contribution in [2.45, 2.75) is 0 Å². The third-order valence-corrected chi connectivity index (χ3v) is 2.10. The normalized spacial score (nSPS) is 10.1. The average Bonchev–Trinajstić information content (AvgIpc) is 2.28. The van der Waals surface area contributed by atoms with E-state index < -0.39 is 16.4 Å². The molecule has 92 valence electrons. The number of nitro benzene ring substituents is 1. The zero-order chi connectivity index (χ0) is 13.1. The maximum atomic E-state index is 13.3. The maximum absolute atomic E-state index is 13.3. The van der Waals surface area contributed by atoms with Crippen molar-refractivity contribution in [1.29, 1.82) is 0 Å². The molecule has 0 aliphatic rings. The lowest BCUT2D eigenvalue weighted by Gasteiger charge is -2.05. The van der Waals surface area contributed by atoms with Crippen molar-refractivity contribution in [1.82, 2.24) is 4.98 Å². The number of rotatable bonds is 3. The SMILES string of the molecule is Nc1cc(Oc2ccc([N+](=O)[O-])c(F)c2)ccn1. The second-order valence-electron chi connectivity index (χ2n) is 3.39. The van der Waals surface area contributed by atoms with E-state index in [9.17, 15) is 14.5 Å². The molecule has 1 aromatic heterocycles. The number of nitro groups is 1. The van der Waals surface area contributed by atoms with E-state index >= 15 is 0 Å². The van der Waals surface area contributed by atoms with Gasteiger partial charge in [0.05, 0.1) is 4.92 Å². The lowest BCUT2D eigenvalue weighted by atomic mass is 10.3. The van der Waals surface area contributed by atoms with Gasteiger partial charge in [-0.1, -0.05) is 0 Å². The van der Waals surface area contributed by atoms with Crippen molar-refractivity contribution >= 4 is 11.5 Å². The first-order chi connectivity index (χ1) is 8.56. The highest BCUT2D eigenvalue weighted by molar-refractivity contribution is 5.42. The van der Waals surface area contributed by atoms with Crippen molar-refractivity contribution in [2.75, 3.05) is 5.73 Å². The first-order valence-electron chi connectivity index (χ1n) is 4.89. The molecule has 0 amide bonds. The van der Waals surface area contributed by atoms with Crippen LogP contribution in [-0.2, 0) is 0 Å². The topological polar surface area (TPSA) is 91.3 Å². The van der Waals surface area contributed by atoms with E-state index in [4.69, 9.17) is 10.5 Å². The van der Waals surface area contributed by atoms with Crippen LogP contribution in [0.2, 0.25) is 0 Å². The molecule has 2 rings (SSSR count). The van der Waals surface area contributed by atoms with Crippen LogP contribution in [0.25, 0.3) is 0 Å². The molecule has 7 heteroatoms. The summed E-state index contributed by atoms with van der Waals surface area (Å²) >= 11 is 0. The number of nitrogens with two attached hydrogens (primary N) is 1. The van der Waals surface area contributed by atoms with Crippen LogP contribution in [0, 0.1) is 15.9 Å². The Morgan fingerprint density at radius 3 is 2.61 bits per heavy atom. The molecule has 1 heterocycles. The molecule has 2 aromatic rings. The molecule has 0 atom stereocenters. The van der Waals surface area contributed by atoms with Gasteiger partial charge < -0.3 is 10.5 Å². The minimum absolute atomic E-state index is 0.142. The number of nitrogens with zero attached hydrogens (tertiary/aromatic N) is 2. The highest BCUT2D eigenvalue weighted by Gasteiger charge is 2.14. The van der Waals surface area contributed by atoms with E-state index in [0.29, 0.717) is 5.75 Å². The Kier molecular flexibility index (Phi) is 3.05. The second kappa shape index (κ2) is 4.66. The molecule has 6 nitrogen and oxygen atoms in total. The summed E-state index contributed by atoms with van der Waals surface area (Å²) in [6.07, 6.45) is 1.44. The first-order valence-corrected chi connectivity index (χ1v) is 4.89. The molecule has 0 unspecified atom stereocenters. The highest BCUT2D eigenvalue weighted by Crippen LogP contribution is 2.26. The number of nitrogen functional groups attached to an aromatic ring is 1. The van der Waals surface area contributed by atoms with Gasteiger partial charge in [-0.2, -0.15) is 4.39 Å². The van der Waals surface area contributed by atoms with Crippen molar-refractivity contribution in [3.05, 3.63) is 52.5 Å². The molecule has 1 aromatic carbocycles. The Morgan fingerprint density at radius 1 is 1.28 bits per heavy atom. The minimum Gasteiger partial charge on any atom is -0.457 e. The van der Waals surface area contributed by atoms with Crippen LogP contribution in [0.5, 0.6) is 11.5 Å². The van der Waals surface area contributed by atoms with Crippen LogP contribution in [0.15, 0.2) is 36.5 Å². The fourth-order valence-electron chi connectivity index (χ4n) is 1.33. The van der Waals surface area contributed by atoms with Crippen LogP contribution in [0.3, 0.4) is 0 Å². The zero-order valence-corrected chi connectivity index (χ0v) is 9.04. The van der Waals surface area contributed by atoms with Crippen LogP contribution in [0.4, 0.5) is 15.9 Å². The van der Waals surface area contributed by atoms with Crippen molar-refractivity contribution in [2.24, 2.45) is 0 Å². The molecular weight excluding hydrogens is 241 g/mol. The van der Waals surface area contributed by atoms with Gasteiger partial charge in [-0.15, -0.1) is 0 Å². The van der Waals surface area contributed by atoms with Crippen molar-refractivity contribution in [3.63, 3.8) is 0 Å². The van der Waals surface area contributed by atoms with Gasteiger partial charge in [-0.3, -0.25) is 10.1 Å². The Hall–Kier alpha value is -2.70. The molecule has 0 radical (unpaired) electrons. The average molecular weight is 249 g/mol. The number of aromatic nitrogens is 1. The van der Waals surface area contributed by atoms with E-state index in [1.165, 1.54) is 24.4 Å². The quantitative estimate of drug-likeness (QED) is 0.666. The molecule has 18 heavy (non-hydrogen) atoms. The van der Waals surface area contributed by atoms with E-state index in [-0.39, 0.29) is 11.6 Å². The minimum atomic E-state index is -0.959. The van der Waals surface area contributed by atoms with Crippen LogP contribution < -0.4 is 10.5 Å². The summed E-state index contributed by atoms with van der Waals surface area (Å²) < 4.78 is 18.6. The monoisotopic (exact) mass is 249 g/mol. The second-order valence-corrected chi connectivity index (χ2v) is 3.39. The first kappa shape index (κ1) is 11.8. The predicted octanol–water partition coefficient (Wildman–Crippen LogP) is 2.50. The number of pyridine rings is 1. The molecule has 0 bridgehead atoms. The molecule has 0 saturated carbocycles. The smallest absolute Gasteiger partial charge is 0.305 e. The Balaban J connectivity index is 2.25. The molecule has 0 aliphatic carbocycles. The molecule has 0 saturated heterocycles. The number of hydrogen-bond donors (Lipinski definition) is 1. The third kappa shape index (κ3) is 2.51. The standard InChI is InChI=1S/C11H8FN3O3/c12-9-5-7(1-2-10(9)15(16)17)18-8-3-4-14-11(13)6-8/h1-6H,(H2,13,14). The van der Waals surface area contributed by atoms with Gasteiger partial charge in [-0.05, 0) is 12.1 Å². The maximum Gasteiger partial charge on any atom is 0.305 e. The number of benzene rings is 1. The number of ether oxygens (including phenoxy) is 1. The summed E-state index contributed by atoms with van der Waals surface area (Å²) in [6, 6.07) is 6.27. The zero-order valence-electron chi connectivity index (χ0n) is 9.04. The molecule has 2 N–H and O–H groups in total. The summed E-state index contributed by atoms with van der Waals surface area (Å²) in [4.78, 5) is 13.4. The van der Waals surface area contributed by atoms with Gasteiger partial charge >= 0.3 is 5.69 Å². The molecule has 0 spiro atoms. The molecular formula is C11H8FN3O3.